The van der Waals surface area contributed by atoms with Crippen molar-refractivity contribution in [2.45, 2.75) is 30.9 Å². The number of rotatable bonds is 5. The number of thiol groups is 2. The molecule has 1 atom stereocenters. The first-order valence-corrected chi connectivity index (χ1v) is 4.65. The van der Waals surface area contributed by atoms with E-state index in [9.17, 15) is 4.79 Å². The first-order valence-electron chi connectivity index (χ1n) is 3.57. The zero-order valence-corrected chi connectivity index (χ0v) is 8.37. The monoisotopic (exact) mass is 194 g/mol. The number of aliphatic carboxylic acids is 1. The summed E-state index contributed by atoms with van der Waals surface area (Å²) in [5.74, 6) is -0.0382. The number of carbonyl (C=O) groups is 1. The van der Waals surface area contributed by atoms with Crippen molar-refractivity contribution in [1.82, 2.24) is 0 Å². The van der Waals surface area contributed by atoms with Crippen LogP contribution in [0.4, 0.5) is 0 Å². The van der Waals surface area contributed by atoms with Crippen LogP contribution in [-0.2, 0) is 4.79 Å². The molecular weight excluding hydrogens is 180 g/mol. The SMILES string of the molecule is CC(S)(CCCCS)C(=O)O. The Bertz CT molecular complexity index is 134. The second-order valence-electron chi connectivity index (χ2n) is 2.76. The van der Waals surface area contributed by atoms with Gasteiger partial charge in [0.05, 0.1) is 0 Å². The third-order valence-corrected chi connectivity index (χ3v) is 2.26. The molecule has 0 saturated carbocycles. The Labute approximate surface area is 78.2 Å². The lowest BCUT2D eigenvalue weighted by atomic mass is 10.0. The van der Waals surface area contributed by atoms with Crippen LogP contribution in [0.2, 0.25) is 0 Å². The average Bonchev–Trinajstić information content (AvgIpc) is 1.88. The molecule has 0 amide bonds. The van der Waals surface area contributed by atoms with Crippen molar-refractivity contribution in [2.24, 2.45) is 0 Å². The maximum absolute atomic E-state index is 10.5. The molecule has 0 fully saturated rings. The summed E-state index contributed by atoms with van der Waals surface area (Å²) in [5, 5.41) is 8.65. The zero-order chi connectivity index (χ0) is 8.91. The molecule has 0 saturated heterocycles. The van der Waals surface area contributed by atoms with Crippen molar-refractivity contribution < 1.29 is 9.90 Å². The fourth-order valence-electron chi connectivity index (χ4n) is 0.688. The molecule has 0 aromatic rings. The van der Waals surface area contributed by atoms with Gasteiger partial charge in [-0.2, -0.15) is 25.3 Å². The van der Waals surface area contributed by atoms with Gasteiger partial charge in [-0.1, -0.05) is 6.42 Å². The zero-order valence-electron chi connectivity index (χ0n) is 6.58. The van der Waals surface area contributed by atoms with E-state index in [-0.39, 0.29) is 0 Å². The summed E-state index contributed by atoms with van der Waals surface area (Å²) in [6, 6.07) is 0. The van der Waals surface area contributed by atoms with Crippen molar-refractivity contribution in [3.8, 4) is 0 Å². The summed E-state index contributed by atoms with van der Waals surface area (Å²) >= 11 is 8.06. The minimum Gasteiger partial charge on any atom is -0.480 e. The van der Waals surface area contributed by atoms with Gasteiger partial charge in [0.1, 0.15) is 4.75 Å². The van der Waals surface area contributed by atoms with Crippen LogP contribution in [0.15, 0.2) is 0 Å². The number of unbranched alkanes of at least 4 members (excludes halogenated alkanes) is 1. The van der Waals surface area contributed by atoms with Gasteiger partial charge in [-0.05, 0) is 25.5 Å². The van der Waals surface area contributed by atoms with E-state index in [1.54, 1.807) is 6.92 Å². The van der Waals surface area contributed by atoms with E-state index in [0.29, 0.717) is 6.42 Å². The maximum Gasteiger partial charge on any atom is 0.319 e. The van der Waals surface area contributed by atoms with Gasteiger partial charge in [0.2, 0.25) is 0 Å². The highest BCUT2D eigenvalue weighted by Gasteiger charge is 2.27. The summed E-state index contributed by atoms with van der Waals surface area (Å²) in [6.07, 6.45) is 2.42. The summed E-state index contributed by atoms with van der Waals surface area (Å²) in [5.41, 5.74) is 0. The molecule has 0 heterocycles. The quantitative estimate of drug-likeness (QED) is 0.461. The van der Waals surface area contributed by atoms with Gasteiger partial charge in [-0.15, -0.1) is 0 Å². The average molecular weight is 194 g/mol. The molecule has 2 nitrogen and oxygen atoms in total. The van der Waals surface area contributed by atoms with E-state index in [1.165, 1.54) is 0 Å². The lowest BCUT2D eigenvalue weighted by molar-refractivity contribution is -0.139. The minimum absolute atomic E-state index is 0.603. The van der Waals surface area contributed by atoms with E-state index < -0.39 is 10.7 Å². The standard InChI is InChI=1S/C7H14O2S2/c1-7(11,6(8)9)4-2-3-5-10/h10-11H,2-5H2,1H3,(H,8,9). The highest BCUT2D eigenvalue weighted by Crippen LogP contribution is 2.21. The third kappa shape index (κ3) is 4.58. The third-order valence-electron chi connectivity index (χ3n) is 1.53. The van der Waals surface area contributed by atoms with Crippen LogP contribution in [0, 0.1) is 0 Å². The molecule has 1 unspecified atom stereocenters. The molecule has 0 rings (SSSR count). The summed E-state index contributed by atoms with van der Waals surface area (Å²) in [6.45, 7) is 1.62. The van der Waals surface area contributed by atoms with Gasteiger partial charge in [-0.25, -0.2) is 0 Å². The normalized spacial score (nSPS) is 15.9. The smallest absolute Gasteiger partial charge is 0.319 e. The molecule has 66 valence electrons. The molecule has 11 heavy (non-hydrogen) atoms. The fraction of sp³-hybridized carbons (Fsp3) is 0.857. The van der Waals surface area contributed by atoms with Gasteiger partial charge < -0.3 is 5.11 Å². The van der Waals surface area contributed by atoms with E-state index in [1.807, 2.05) is 0 Å². The van der Waals surface area contributed by atoms with Crippen LogP contribution >= 0.6 is 25.3 Å². The predicted molar refractivity (Wildman–Crippen MR) is 52.7 cm³/mol. The Morgan fingerprint density at radius 3 is 2.45 bits per heavy atom. The molecule has 0 aliphatic rings. The lowest BCUT2D eigenvalue weighted by Crippen LogP contribution is -2.28. The predicted octanol–water partition coefficient (Wildman–Crippen LogP) is 1.86. The molecule has 0 bridgehead atoms. The van der Waals surface area contributed by atoms with E-state index >= 15 is 0 Å². The number of carboxylic acid groups (broad SMARTS) is 1. The van der Waals surface area contributed by atoms with Crippen LogP contribution in [0.25, 0.3) is 0 Å². The highest BCUT2D eigenvalue weighted by atomic mass is 32.1. The van der Waals surface area contributed by atoms with Crippen molar-refractivity contribution in [3.63, 3.8) is 0 Å². The Kier molecular flexibility index (Phi) is 5.01. The van der Waals surface area contributed by atoms with E-state index in [2.05, 4.69) is 25.3 Å². The molecule has 1 N–H and O–H groups in total. The number of hydrogen-bond donors (Lipinski definition) is 3. The van der Waals surface area contributed by atoms with Crippen molar-refractivity contribution in [1.29, 1.82) is 0 Å². The topological polar surface area (TPSA) is 37.3 Å². The lowest BCUT2D eigenvalue weighted by Gasteiger charge is -2.16. The molecule has 4 heteroatoms. The Hall–Kier alpha value is 0.170. The van der Waals surface area contributed by atoms with Gasteiger partial charge in [-0.3, -0.25) is 4.79 Å². The fourth-order valence-corrected chi connectivity index (χ4v) is 1.07. The van der Waals surface area contributed by atoms with Gasteiger partial charge >= 0.3 is 5.97 Å². The molecule has 0 aromatic carbocycles. The summed E-state index contributed by atoms with van der Waals surface area (Å²) in [7, 11) is 0. The van der Waals surface area contributed by atoms with Crippen LogP contribution in [0.1, 0.15) is 26.2 Å². The Balaban J connectivity index is 3.64. The van der Waals surface area contributed by atoms with E-state index in [0.717, 1.165) is 18.6 Å². The van der Waals surface area contributed by atoms with Crippen LogP contribution in [-0.4, -0.2) is 21.6 Å². The molecule has 0 aliphatic carbocycles. The van der Waals surface area contributed by atoms with Crippen molar-refractivity contribution in [3.05, 3.63) is 0 Å². The van der Waals surface area contributed by atoms with Crippen molar-refractivity contribution in [2.75, 3.05) is 5.75 Å². The molecule has 0 spiro atoms. The molecule has 0 aromatic heterocycles. The highest BCUT2D eigenvalue weighted by molar-refractivity contribution is 7.82. The van der Waals surface area contributed by atoms with Crippen LogP contribution < -0.4 is 0 Å². The molecule has 0 aliphatic heterocycles. The molecular formula is C7H14O2S2. The van der Waals surface area contributed by atoms with Crippen LogP contribution in [0.3, 0.4) is 0 Å². The second kappa shape index (κ2) is 4.93. The van der Waals surface area contributed by atoms with Gasteiger partial charge in [0, 0.05) is 0 Å². The first kappa shape index (κ1) is 11.2. The van der Waals surface area contributed by atoms with Crippen molar-refractivity contribution >= 4 is 31.2 Å². The largest absolute Gasteiger partial charge is 0.480 e. The van der Waals surface area contributed by atoms with Gasteiger partial charge in [0.25, 0.3) is 0 Å². The Morgan fingerprint density at radius 2 is 2.09 bits per heavy atom. The van der Waals surface area contributed by atoms with Crippen LogP contribution in [0.5, 0.6) is 0 Å². The van der Waals surface area contributed by atoms with E-state index in [4.69, 9.17) is 5.11 Å². The Morgan fingerprint density at radius 1 is 1.55 bits per heavy atom. The number of hydrogen-bond acceptors (Lipinski definition) is 3. The first-order chi connectivity index (χ1) is 5.00. The summed E-state index contributed by atoms with van der Waals surface area (Å²) < 4.78 is -0.872. The second-order valence-corrected chi connectivity index (χ2v) is 4.19. The summed E-state index contributed by atoms with van der Waals surface area (Å²) in [4.78, 5) is 10.5. The van der Waals surface area contributed by atoms with Gasteiger partial charge in [0.15, 0.2) is 0 Å². The molecule has 0 radical (unpaired) electrons. The minimum atomic E-state index is -0.872. The maximum atomic E-state index is 10.5. The number of carboxylic acids is 1.